The van der Waals surface area contributed by atoms with E-state index >= 15 is 0 Å². The van der Waals surface area contributed by atoms with Crippen LogP contribution >= 0.6 is 11.6 Å². The Morgan fingerprint density at radius 2 is 2.12 bits per heavy atom. The zero-order chi connectivity index (χ0) is 12.3. The van der Waals surface area contributed by atoms with Crippen molar-refractivity contribution in [1.29, 1.82) is 0 Å². The Morgan fingerprint density at radius 1 is 1.29 bits per heavy atom. The van der Waals surface area contributed by atoms with E-state index in [4.69, 9.17) is 22.1 Å². The summed E-state index contributed by atoms with van der Waals surface area (Å²) >= 11 is 6.08. The quantitative estimate of drug-likeness (QED) is 0.878. The van der Waals surface area contributed by atoms with Crippen LogP contribution in [-0.2, 0) is 0 Å². The molecule has 2 rings (SSSR count). The van der Waals surface area contributed by atoms with Crippen molar-refractivity contribution in [3.05, 3.63) is 41.6 Å². The number of benzene rings is 1. The molecule has 0 atom stereocenters. The predicted octanol–water partition coefficient (Wildman–Crippen LogP) is 3.07. The van der Waals surface area contributed by atoms with E-state index < -0.39 is 0 Å². The first kappa shape index (κ1) is 11.5. The van der Waals surface area contributed by atoms with Crippen LogP contribution < -0.4 is 15.8 Å². The van der Waals surface area contributed by atoms with Crippen LogP contribution in [0.15, 0.2) is 36.5 Å². The van der Waals surface area contributed by atoms with Gasteiger partial charge in [0.05, 0.1) is 17.8 Å². The maximum Gasteiger partial charge on any atom is 0.125 e. The third-order valence-electron chi connectivity index (χ3n) is 2.23. The minimum Gasteiger partial charge on any atom is -0.497 e. The lowest BCUT2D eigenvalue weighted by Gasteiger charge is -2.10. The molecule has 0 unspecified atom stereocenters. The van der Waals surface area contributed by atoms with E-state index in [9.17, 15) is 0 Å². The highest BCUT2D eigenvalue weighted by Crippen LogP contribution is 2.29. The van der Waals surface area contributed by atoms with Crippen LogP contribution in [0.4, 0.5) is 17.2 Å². The van der Waals surface area contributed by atoms with Gasteiger partial charge < -0.3 is 15.8 Å². The number of rotatable bonds is 3. The summed E-state index contributed by atoms with van der Waals surface area (Å²) in [6.07, 6.45) is 1.63. The largest absolute Gasteiger partial charge is 0.497 e. The molecule has 0 aliphatic heterocycles. The minimum absolute atomic E-state index is 0.453. The van der Waals surface area contributed by atoms with Gasteiger partial charge in [0.25, 0.3) is 0 Å². The first-order valence-electron chi connectivity index (χ1n) is 5.01. The molecule has 2 aromatic rings. The van der Waals surface area contributed by atoms with Gasteiger partial charge in [0, 0.05) is 24.0 Å². The van der Waals surface area contributed by atoms with Gasteiger partial charge in [-0.3, -0.25) is 0 Å². The predicted molar refractivity (Wildman–Crippen MR) is 69.9 cm³/mol. The fraction of sp³-hybridized carbons (Fsp3) is 0.0833. The molecule has 1 heterocycles. The maximum absolute atomic E-state index is 6.08. The molecule has 4 nitrogen and oxygen atoms in total. The third-order valence-corrected chi connectivity index (χ3v) is 2.56. The number of pyridine rings is 1. The van der Waals surface area contributed by atoms with E-state index in [0.29, 0.717) is 10.8 Å². The molecule has 1 aromatic heterocycles. The highest BCUT2D eigenvalue weighted by molar-refractivity contribution is 6.33. The molecule has 88 valence electrons. The van der Waals surface area contributed by atoms with Crippen molar-refractivity contribution in [2.24, 2.45) is 0 Å². The number of nitrogens with one attached hydrogen (secondary N) is 1. The van der Waals surface area contributed by atoms with Gasteiger partial charge in [-0.15, -0.1) is 0 Å². The van der Waals surface area contributed by atoms with Crippen LogP contribution in [0.2, 0.25) is 5.02 Å². The summed E-state index contributed by atoms with van der Waals surface area (Å²) in [5.74, 6) is 1.19. The fourth-order valence-electron chi connectivity index (χ4n) is 1.41. The van der Waals surface area contributed by atoms with Gasteiger partial charge in [-0.1, -0.05) is 11.6 Å². The summed E-state index contributed by atoms with van der Waals surface area (Å²) in [6, 6.07) is 8.93. The number of nitrogens with zero attached hydrogens (tertiary/aromatic N) is 1. The average Bonchev–Trinajstić information content (AvgIpc) is 2.32. The molecule has 1 aromatic carbocycles. The summed E-state index contributed by atoms with van der Waals surface area (Å²) in [7, 11) is 1.61. The molecule has 0 spiro atoms. The fourth-order valence-corrected chi connectivity index (χ4v) is 1.57. The molecule has 0 amide bonds. The van der Waals surface area contributed by atoms with E-state index in [2.05, 4.69) is 10.3 Å². The van der Waals surface area contributed by atoms with E-state index in [0.717, 1.165) is 17.1 Å². The molecule has 0 aliphatic rings. The molecule has 0 fully saturated rings. The molecule has 0 bridgehead atoms. The Hall–Kier alpha value is -1.94. The maximum atomic E-state index is 6.08. The van der Waals surface area contributed by atoms with Crippen molar-refractivity contribution in [2.45, 2.75) is 0 Å². The smallest absolute Gasteiger partial charge is 0.125 e. The number of hydrogen-bond donors (Lipinski definition) is 2. The van der Waals surface area contributed by atoms with Crippen molar-refractivity contribution >= 4 is 28.8 Å². The number of methoxy groups -OCH3 is 1. The second kappa shape index (κ2) is 4.93. The van der Waals surface area contributed by atoms with Gasteiger partial charge in [0.1, 0.15) is 11.6 Å². The Morgan fingerprint density at radius 3 is 2.82 bits per heavy atom. The van der Waals surface area contributed by atoms with Crippen LogP contribution in [-0.4, -0.2) is 12.1 Å². The Kier molecular flexibility index (Phi) is 3.35. The molecular weight excluding hydrogens is 238 g/mol. The summed E-state index contributed by atoms with van der Waals surface area (Å²) in [4.78, 5) is 3.92. The van der Waals surface area contributed by atoms with E-state index in [1.165, 1.54) is 0 Å². The van der Waals surface area contributed by atoms with Crippen molar-refractivity contribution in [2.75, 3.05) is 18.2 Å². The van der Waals surface area contributed by atoms with Crippen molar-refractivity contribution in [3.63, 3.8) is 0 Å². The number of hydrogen-bond acceptors (Lipinski definition) is 4. The van der Waals surface area contributed by atoms with Crippen LogP contribution in [0.1, 0.15) is 0 Å². The van der Waals surface area contributed by atoms with Gasteiger partial charge in [-0.05, 0) is 18.2 Å². The average molecular weight is 250 g/mol. The van der Waals surface area contributed by atoms with Crippen molar-refractivity contribution in [1.82, 2.24) is 4.98 Å². The molecule has 3 N–H and O–H groups in total. The van der Waals surface area contributed by atoms with Crippen LogP contribution in [0.25, 0.3) is 0 Å². The minimum atomic E-state index is 0.453. The number of nitrogens with two attached hydrogens (primary N) is 1. The topological polar surface area (TPSA) is 60.2 Å². The molecule has 0 aliphatic carbocycles. The number of anilines is 3. The van der Waals surface area contributed by atoms with Crippen LogP contribution in [0, 0.1) is 0 Å². The summed E-state index contributed by atoms with van der Waals surface area (Å²) in [6.45, 7) is 0. The van der Waals surface area contributed by atoms with E-state index in [1.54, 1.807) is 31.5 Å². The number of aromatic nitrogens is 1. The lowest BCUT2D eigenvalue weighted by atomic mass is 10.2. The molecule has 17 heavy (non-hydrogen) atoms. The Labute approximate surface area is 104 Å². The molecule has 0 saturated carbocycles. The second-order valence-corrected chi connectivity index (χ2v) is 3.85. The van der Waals surface area contributed by atoms with Crippen molar-refractivity contribution < 1.29 is 4.74 Å². The molecule has 0 saturated heterocycles. The lowest BCUT2D eigenvalue weighted by molar-refractivity contribution is 0.415. The van der Waals surface area contributed by atoms with Gasteiger partial charge in [-0.2, -0.15) is 0 Å². The first-order chi connectivity index (χ1) is 8.19. The van der Waals surface area contributed by atoms with Crippen LogP contribution in [0.3, 0.4) is 0 Å². The van der Waals surface area contributed by atoms with Gasteiger partial charge >= 0.3 is 0 Å². The van der Waals surface area contributed by atoms with Gasteiger partial charge in [-0.25, -0.2) is 4.98 Å². The third kappa shape index (κ3) is 2.79. The second-order valence-electron chi connectivity index (χ2n) is 3.44. The number of halogens is 1. The SMILES string of the molecule is COc1ccc(Cl)c(Nc2ccnc(N)c2)c1. The monoisotopic (exact) mass is 249 g/mol. The Balaban J connectivity index is 2.29. The zero-order valence-electron chi connectivity index (χ0n) is 9.27. The molecule has 5 heteroatoms. The normalized spacial score (nSPS) is 10.0. The highest BCUT2D eigenvalue weighted by atomic mass is 35.5. The van der Waals surface area contributed by atoms with Crippen LogP contribution in [0.5, 0.6) is 5.75 Å². The summed E-state index contributed by atoms with van der Waals surface area (Å²) in [5, 5.41) is 3.77. The van der Waals surface area contributed by atoms with Gasteiger partial charge in [0.15, 0.2) is 0 Å². The molecule has 0 radical (unpaired) electrons. The Bertz CT molecular complexity index is 531. The standard InChI is InChI=1S/C12H12ClN3O/c1-17-9-2-3-10(13)11(7-9)16-8-4-5-15-12(14)6-8/h2-7H,1H3,(H3,14,15,16). The zero-order valence-corrected chi connectivity index (χ0v) is 10.0. The highest BCUT2D eigenvalue weighted by Gasteiger charge is 2.03. The van der Waals surface area contributed by atoms with Crippen molar-refractivity contribution in [3.8, 4) is 5.75 Å². The van der Waals surface area contributed by atoms with Gasteiger partial charge in [0.2, 0.25) is 0 Å². The first-order valence-corrected chi connectivity index (χ1v) is 5.39. The van der Waals surface area contributed by atoms with E-state index in [-0.39, 0.29) is 0 Å². The summed E-state index contributed by atoms with van der Waals surface area (Å²) < 4.78 is 5.14. The lowest BCUT2D eigenvalue weighted by Crippen LogP contribution is -1.95. The van der Waals surface area contributed by atoms with E-state index in [1.807, 2.05) is 12.1 Å². The number of ether oxygens (including phenoxy) is 1. The number of nitrogen functional groups attached to an aromatic ring is 1. The molecular formula is C12H12ClN3O. The summed E-state index contributed by atoms with van der Waals surface area (Å²) in [5.41, 5.74) is 7.18.